The second kappa shape index (κ2) is 7.29. The van der Waals surface area contributed by atoms with Crippen molar-refractivity contribution >= 4 is 5.91 Å². The largest absolute Gasteiger partial charge is 0.454 e. The van der Waals surface area contributed by atoms with E-state index in [4.69, 9.17) is 13.9 Å². The van der Waals surface area contributed by atoms with E-state index >= 15 is 0 Å². The van der Waals surface area contributed by atoms with E-state index in [-0.39, 0.29) is 12.7 Å². The third-order valence-electron chi connectivity index (χ3n) is 7.28. The highest BCUT2D eigenvalue weighted by molar-refractivity contribution is 5.76. The van der Waals surface area contributed by atoms with Gasteiger partial charge in [0.05, 0.1) is 6.42 Å². The lowest BCUT2D eigenvalue weighted by Gasteiger charge is -2.39. The summed E-state index contributed by atoms with van der Waals surface area (Å²) in [6, 6.07) is 6.27. The Morgan fingerprint density at radius 2 is 1.73 bits per heavy atom. The Morgan fingerprint density at radius 3 is 2.60 bits per heavy atom. The van der Waals surface area contributed by atoms with Crippen molar-refractivity contribution in [2.24, 2.45) is 17.8 Å². The lowest BCUT2D eigenvalue weighted by Crippen LogP contribution is -2.42. The minimum absolute atomic E-state index is 0.253. The van der Waals surface area contributed by atoms with E-state index in [0.717, 1.165) is 35.4 Å². The van der Waals surface area contributed by atoms with Gasteiger partial charge in [0.1, 0.15) is 0 Å². The number of ether oxygens (including phenoxy) is 2. The molecule has 4 fully saturated rings. The molecular formula is C23H27N3O4. The van der Waals surface area contributed by atoms with Gasteiger partial charge >= 0.3 is 0 Å². The van der Waals surface area contributed by atoms with Gasteiger partial charge < -0.3 is 18.8 Å². The number of nitrogens with zero attached hydrogens (tertiary/aromatic N) is 3. The van der Waals surface area contributed by atoms with Crippen LogP contribution in [0.2, 0.25) is 0 Å². The molecule has 0 N–H and O–H groups in total. The monoisotopic (exact) mass is 409 g/mol. The first-order valence-electron chi connectivity index (χ1n) is 11.2. The van der Waals surface area contributed by atoms with Crippen LogP contribution >= 0.6 is 0 Å². The maximum Gasteiger partial charge on any atom is 0.231 e. The van der Waals surface area contributed by atoms with Gasteiger partial charge in [-0.1, -0.05) is 6.07 Å². The molecule has 0 spiro atoms. The third-order valence-corrected chi connectivity index (χ3v) is 7.28. The fourth-order valence-electron chi connectivity index (χ4n) is 6.13. The number of aryl methyl sites for hydroxylation is 1. The number of amides is 1. The molecule has 1 aromatic carbocycles. The highest BCUT2D eigenvalue weighted by Crippen LogP contribution is 2.47. The fraction of sp³-hybridized carbons (Fsp3) is 0.609. The summed E-state index contributed by atoms with van der Waals surface area (Å²) in [5.41, 5.74) is 1.03. The Kier molecular flexibility index (Phi) is 4.43. The van der Waals surface area contributed by atoms with Crippen LogP contribution in [0.3, 0.4) is 0 Å². The van der Waals surface area contributed by atoms with Crippen LogP contribution in [0.5, 0.6) is 11.5 Å². The molecule has 0 radical (unpaired) electrons. The van der Waals surface area contributed by atoms with E-state index in [1.165, 1.54) is 32.1 Å². The van der Waals surface area contributed by atoms with Gasteiger partial charge in [0.2, 0.25) is 24.5 Å². The lowest BCUT2D eigenvalue weighted by atomic mass is 9.68. The van der Waals surface area contributed by atoms with E-state index < -0.39 is 0 Å². The Morgan fingerprint density at radius 1 is 0.967 bits per heavy atom. The molecule has 5 aliphatic rings. The van der Waals surface area contributed by atoms with Crippen LogP contribution < -0.4 is 9.47 Å². The summed E-state index contributed by atoms with van der Waals surface area (Å²) in [6.45, 7) is 1.22. The van der Waals surface area contributed by atoms with Crippen LogP contribution in [0.1, 0.15) is 55.9 Å². The molecule has 4 heterocycles. The summed E-state index contributed by atoms with van der Waals surface area (Å²) >= 11 is 0. The summed E-state index contributed by atoms with van der Waals surface area (Å²) in [5.74, 6) is 5.27. The molecule has 2 saturated carbocycles. The molecule has 2 aromatic rings. The Balaban J connectivity index is 1.07. The van der Waals surface area contributed by atoms with Crippen LogP contribution in [0, 0.1) is 17.8 Å². The van der Waals surface area contributed by atoms with Gasteiger partial charge in [0, 0.05) is 25.4 Å². The molecule has 2 saturated heterocycles. The number of rotatable bonds is 5. The predicted octanol–water partition coefficient (Wildman–Crippen LogP) is 3.36. The molecule has 30 heavy (non-hydrogen) atoms. The first kappa shape index (κ1) is 18.2. The molecule has 4 atom stereocenters. The zero-order valence-corrected chi connectivity index (χ0v) is 17.1. The highest BCUT2D eigenvalue weighted by Gasteiger charge is 2.43. The van der Waals surface area contributed by atoms with Crippen LogP contribution in [0.15, 0.2) is 22.6 Å². The molecule has 7 heteroatoms. The zero-order chi connectivity index (χ0) is 20.1. The van der Waals surface area contributed by atoms with Crippen molar-refractivity contribution in [3.8, 4) is 11.5 Å². The molecule has 158 valence electrons. The molecule has 7 nitrogen and oxygen atoms in total. The number of hydrogen-bond donors (Lipinski definition) is 0. The van der Waals surface area contributed by atoms with Crippen molar-refractivity contribution < 1.29 is 18.7 Å². The molecule has 3 aliphatic heterocycles. The quantitative estimate of drug-likeness (QED) is 0.754. The Bertz CT molecular complexity index is 944. The first-order chi connectivity index (χ1) is 14.7. The number of carbonyl (C=O) groups is 1. The zero-order valence-electron chi connectivity index (χ0n) is 17.1. The summed E-state index contributed by atoms with van der Waals surface area (Å²) in [7, 11) is 0. The summed E-state index contributed by atoms with van der Waals surface area (Å²) in [6.07, 6.45) is 7.95. The second-order valence-electron chi connectivity index (χ2n) is 9.43. The van der Waals surface area contributed by atoms with E-state index in [0.29, 0.717) is 43.0 Å². The number of fused-ring (bicyclic) bond motifs is 2. The Labute approximate surface area is 175 Å². The molecule has 4 bridgehead atoms. The number of hydrogen-bond acceptors (Lipinski definition) is 6. The predicted molar refractivity (Wildman–Crippen MR) is 107 cm³/mol. The lowest BCUT2D eigenvalue weighted by molar-refractivity contribution is -0.134. The van der Waals surface area contributed by atoms with Crippen molar-refractivity contribution in [3.05, 3.63) is 35.5 Å². The van der Waals surface area contributed by atoms with Gasteiger partial charge in [-0.05, 0) is 67.6 Å². The van der Waals surface area contributed by atoms with Gasteiger partial charge in [-0.25, -0.2) is 0 Å². The summed E-state index contributed by atoms with van der Waals surface area (Å²) < 4.78 is 16.6. The number of aromatic nitrogens is 2. The molecule has 2 unspecified atom stereocenters. The van der Waals surface area contributed by atoms with Crippen LogP contribution in [0.4, 0.5) is 0 Å². The van der Waals surface area contributed by atoms with Crippen molar-refractivity contribution in [3.63, 3.8) is 0 Å². The van der Waals surface area contributed by atoms with Gasteiger partial charge in [-0.2, -0.15) is 0 Å². The van der Waals surface area contributed by atoms with E-state index in [2.05, 4.69) is 15.1 Å². The van der Waals surface area contributed by atoms with Crippen molar-refractivity contribution in [1.82, 2.24) is 15.1 Å². The van der Waals surface area contributed by atoms with Crippen LogP contribution in [-0.2, 0) is 17.6 Å². The second-order valence-corrected chi connectivity index (χ2v) is 9.43. The van der Waals surface area contributed by atoms with E-state index in [9.17, 15) is 4.79 Å². The topological polar surface area (TPSA) is 77.7 Å². The first-order valence-corrected chi connectivity index (χ1v) is 11.2. The highest BCUT2D eigenvalue weighted by atomic mass is 16.7. The average Bonchev–Trinajstić information content (AvgIpc) is 3.33. The molecule has 1 aromatic heterocycles. The minimum Gasteiger partial charge on any atom is -0.454 e. The average molecular weight is 409 g/mol. The van der Waals surface area contributed by atoms with Crippen LogP contribution in [-0.4, -0.2) is 40.4 Å². The standard InChI is InChI=1S/C23H27N3O4/c27-23(26-12-17-6-15-5-16(7-17)9-18(26)8-15)4-3-21-24-25-22(30-21)11-14-1-2-19-20(10-14)29-13-28-19/h1-2,10,15-18H,3-9,11-13H2/t15-,16+,17?,18?. The number of benzene rings is 1. The molecular weight excluding hydrogens is 382 g/mol. The van der Waals surface area contributed by atoms with Gasteiger partial charge in [0.25, 0.3) is 0 Å². The number of carbonyl (C=O) groups excluding carboxylic acids is 1. The SMILES string of the molecule is O=C(CCc1nnc(Cc2ccc3c(c2)OCO3)o1)N1CC2C[C@@H]3CC1C[C@H](C2)C3. The molecule has 2 aliphatic carbocycles. The third kappa shape index (κ3) is 3.44. The van der Waals surface area contributed by atoms with Crippen molar-refractivity contribution in [1.29, 1.82) is 0 Å². The van der Waals surface area contributed by atoms with E-state index in [1.54, 1.807) is 0 Å². The minimum atomic E-state index is 0.253. The van der Waals surface area contributed by atoms with Gasteiger partial charge in [-0.15, -0.1) is 10.2 Å². The van der Waals surface area contributed by atoms with E-state index in [1.807, 2.05) is 18.2 Å². The summed E-state index contributed by atoms with van der Waals surface area (Å²) in [5, 5.41) is 8.33. The van der Waals surface area contributed by atoms with Gasteiger partial charge in [-0.3, -0.25) is 4.79 Å². The van der Waals surface area contributed by atoms with Crippen molar-refractivity contribution in [2.45, 2.75) is 57.4 Å². The normalized spacial score (nSPS) is 28.7. The maximum absolute atomic E-state index is 13.0. The van der Waals surface area contributed by atoms with Crippen molar-refractivity contribution in [2.75, 3.05) is 13.3 Å². The molecule has 7 rings (SSSR count). The Hall–Kier alpha value is -2.57. The smallest absolute Gasteiger partial charge is 0.231 e. The fourth-order valence-corrected chi connectivity index (χ4v) is 6.13. The van der Waals surface area contributed by atoms with Crippen LogP contribution in [0.25, 0.3) is 0 Å². The molecule has 1 amide bonds. The van der Waals surface area contributed by atoms with Gasteiger partial charge in [0.15, 0.2) is 11.5 Å². The maximum atomic E-state index is 13.0. The summed E-state index contributed by atoms with van der Waals surface area (Å²) in [4.78, 5) is 15.2.